The van der Waals surface area contributed by atoms with E-state index in [4.69, 9.17) is 9.84 Å². The van der Waals surface area contributed by atoms with Gasteiger partial charge >= 0.3 is 11.9 Å². The molecule has 0 saturated carbocycles. The second kappa shape index (κ2) is 14.1. The van der Waals surface area contributed by atoms with Crippen molar-refractivity contribution < 1.29 is 19.4 Å². The zero-order valence-corrected chi connectivity index (χ0v) is 16.9. The minimum atomic E-state index is -0.916. The van der Waals surface area contributed by atoms with Crippen LogP contribution in [-0.4, -0.2) is 23.7 Å². The van der Waals surface area contributed by atoms with E-state index in [1.54, 1.807) is 0 Å². The highest BCUT2D eigenvalue weighted by molar-refractivity contribution is 5.80. The largest absolute Gasteiger partial charge is 0.478 e. The molecule has 0 aromatic heterocycles. The van der Waals surface area contributed by atoms with Gasteiger partial charge in [-0.15, -0.1) is 0 Å². The van der Waals surface area contributed by atoms with E-state index in [0.29, 0.717) is 13.0 Å². The van der Waals surface area contributed by atoms with E-state index in [2.05, 4.69) is 39.0 Å². The summed E-state index contributed by atoms with van der Waals surface area (Å²) in [5.41, 5.74) is 4.62. The lowest BCUT2D eigenvalue weighted by Crippen LogP contribution is -2.03. The summed E-state index contributed by atoms with van der Waals surface area (Å²) in [5, 5.41) is 8.74. The predicted octanol–water partition coefficient (Wildman–Crippen LogP) is 5.76. The van der Waals surface area contributed by atoms with Crippen LogP contribution in [0, 0.1) is 0 Å². The van der Waals surface area contributed by atoms with E-state index >= 15 is 0 Å². The Morgan fingerprint density at radius 2 is 1.38 bits per heavy atom. The molecule has 0 aliphatic rings. The van der Waals surface area contributed by atoms with E-state index in [-0.39, 0.29) is 5.97 Å². The summed E-state index contributed by atoms with van der Waals surface area (Å²) >= 11 is 0. The summed E-state index contributed by atoms with van der Waals surface area (Å²) < 4.78 is 5.13. The molecular formula is C22H34O4. The molecule has 1 N–H and O–H groups in total. The minimum Gasteiger partial charge on any atom is -0.478 e. The number of rotatable bonds is 12. The highest BCUT2D eigenvalue weighted by atomic mass is 16.5. The third kappa shape index (κ3) is 15.4. The molecule has 0 heterocycles. The van der Waals surface area contributed by atoms with Crippen LogP contribution in [0.25, 0.3) is 0 Å². The van der Waals surface area contributed by atoms with Gasteiger partial charge in [-0.3, -0.25) is 4.79 Å². The average molecular weight is 363 g/mol. The predicted molar refractivity (Wildman–Crippen MR) is 107 cm³/mol. The molecule has 26 heavy (non-hydrogen) atoms. The Kier molecular flexibility index (Phi) is 13.0. The topological polar surface area (TPSA) is 63.6 Å². The molecule has 0 aliphatic heterocycles. The maximum Gasteiger partial charge on any atom is 0.328 e. The number of carboxylic acid groups (broad SMARTS) is 1. The molecule has 0 aliphatic carbocycles. The van der Waals surface area contributed by atoms with Crippen LogP contribution in [0.2, 0.25) is 0 Å². The Balaban J connectivity index is 4.58. The molecule has 146 valence electrons. The fourth-order valence-corrected chi connectivity index (χ4v) is 2.41. The van der Waals surface area contributed by atoms with Gasteiger partial charge in [-0.05, 0) is 71.8 Å². The number of hydrogen-bond donors (Lipinski definition) is 1. The molecular weight excluding hydrogens is 328 g/mol. The van der Waals surface area contributed by atoms with Crippen LogP contribution in [0.5, 0.6) is 0 Å². The molecule has 0 aromatic rings. The van der Waals surface area contributed by atoms with Crippen molar-refractivity contribution in [2.75, 3.05) is 6.61 Å². The standard InChI is InChI=1S/C22H34O4/c1-17(2)9-6-10-18(3)11-7-13-21(16-26-20(5)23)14-8-12-19(4)15-22(24)25/h9,11,14-15H,6-8,10,12-13,16H2,1-5H3,(H,24,25)/b18-11+,19-15+,21-14+. The van der Waals surface area contributed by atoms with E-state index < -0.39 is 5.97 Å². The number of carboxylic acids is 1. The number of aliphatic carboxylic acids is 1. The summed E-state index contributed by atoms with van der Waals surface area (Å²) in [7, 11) is 0. The first kappa shape index (κ1) is 23.9. The number of esters is 1. The summed E-state index contributed by atoms with van der Waals surface area (Å²) in [6.45, 7) is 9.89. The third-order valence-electron chi connectivity index (χ3n) is 3.85. The summed E-state index contributed by atoms with van der Waals surface area (Å²) in [6, 6.07) is 0. The molecule has 0 radical (unpaired) electrons. The van der Waals surface area contributed by atoms with E-state index in [9.17, 15) is 9.59 Å². The van der Waals surface area contributed by atoms with Gasteiger partial charge in [0.05, 0.1) is 0 Å². The number of carbonyl (C=O) groups is 2. The quantitative estimate of drug-likeness (QED) is 0.272. The Morgan fingerprint density at radius 1 is 0.808 bits per heavy atom. The van der Waals surface area contributed by atoms with Gasteiger partial charge in [0.2, 0.25) is 0 Å². The maximum absolute atomic E-state index is 11.1. The fourth-order valence-electron chi connectivity index (χ4n) is 2.41. The fraction of sp³-hybridized carbons (Fsp3) is 0.545. The van der Waals surface area contributed by atoms with Crippen molar-refractivity contribution >= 4 is 11.9 Å². The first-order valence-electron chi connectivity index (χ1n) is 9.21. The lowest BCUT2D eigenvalue weighted by molar-refractivity contribution is -0.140. The first-order chi connectivity index (χ1) is 12.2. The number of carbonyl (C=O) groups excluding carboxylic acids is 1. The van der Waals surface area contributed by atoms with Gasteiger partial charge in [0.25, 0.3) is 0 Å². The zero-order chi connectivity index (χ0) is 19.9. The van der Waals surface area contributed by atoms with Crippen LogP contribution in [-0.2, 0) is 14.3 Å². The average Bonchev–Trinajstić information content (AvgIpc) is 2.50. The van der Waals surface area contributed by atoms with Crippen molar-refractivity contribution in [3.8, 4) is 0 Å². The van der Waals surface area contributed by atoms with Gasteiger partial charge in [-0.2, -0.15) is 0 Å². The number of allylic oxidation sites excluding steroid dienone is 6. The number of ether oxygens (including phenoxy) is 1. The molecule has 0 amide bonds. The van der Waals surface area contributed by atoms with Gasteiger partial charge in [-0.1, -0.05) is 34.9 Å². The number of hydrogen-bond acceptors (Lipinski definition) is 3. The third-order valence-corrected chi connectivity index (χ3v) is 3.85. The molecule has 0 atom stereocenters. The van der Waals surface area contributed by atoms with E-state index in [0.717, 1.165) is 43.3 Å². The lowest BCUT2D eigenvalue weighted by Gasteiger charge is -2.08. The molecule has 0 spiro atoms. The van der Waals surface area contributed by atoms with Crippen LogP contribution < -0.4 is 0 Å². The van der Waals surface area contributed by atoms with Gasteiger partial charge in [-0.25, -0.2) is 4.79 Å². The Hall–Kier alpha value is -2.10. The SMILES string of the molecule is CC(=O)OC/C(=C/CC/C(C)=C/C(=O)O)CC/C=C(\C)CCC=C(C)C. The molecule has 4 heteroatoms. The highest BCUT2D eigenvalue weighted by Gasteiger charge is 2.01. The van der Waals surface area contributed by atoms with Crippen LogP contribution >= 0.6 is 0 Å². The molecule has 0 saturated heterocycles. The normalized spacial score (nSPS) is 12.7. The van der Waals surface area contributed by atoms with Crippen LogP contribution in [0.3, 0.4) is 0 Å². The summed E-state index contributed by atoms with van der Waals surface area (Å²) in [5.74, 6) is -1.20. The second-order valence-electron chi connectivity index (χ2n) is 6.92. The molecule has 0 bridgehead atoms. The van der Waals surface area contributed by atoms with Gasteiger partial charge in [0.1, 0.15) is 6.61 Å². The maximum atomic E-state index is 11.1. The highest BCUT2D eigenvalue weighted by Crippen LogP contribution is 2.14. The van der Waals surface area contributed by atoms with Gasteiger partial charge in [0, 0.05) is 13.0 Å². The summed E-state index contributed by atoms with van der Waals surface area (Å²) in [6.07, 6.45) is 13.1. The molecule has 0 aromatic carbocycles. The summed E-state index contributed by atoms with van der Waals surface area (Å²) in [4.78, 5) is 21.7. The van der Waals surface area contributed by atoms with Crippen LogP contribution in [0.15, 0.2) is 46.6 Å². The Morgan fingerprint density at radius 3 is 1.96 bits per heavy atom. The molecule has 0 unspecified atom stereocenters. The molecule has 0 fully saturated rings. The van der Waals surface area contributed by atoms with Crippen molar-refractivity contribution in [3.05, 3.63) is 46.6 Å². The first-order valence-corrected chi connectivity index (χ1v) is 9.21. The van der Waals surface area contributed by atoms with Crippen LogP contribution in [0.1, 0.15) is 73.1 Å². The Labute approximate surface area is 158 Å². The second-order valence-corrected chi connectivity index (χ2v) is 6.92. The van der Waals surface area contributed by atoms with Crippen molar-refractivity contribution in [1.82, 2.24) is 0 Å². The minimum absolute atomic E-state index is 0.286. The van der Waals surface area contributed by atoms with Crippen molar-refractivity contribution in [2.45, 2.75) is 73.1 Å². The molecule has 0 rings (SSSR count). The zero-order valence-electron chi connectivity index (χ0n) is 16.9. The lowest BCUT2D eigenvalue weighted by atomic mass is 10.0. The van der Waals surface area contributed by atoms with Crippen molar-refractivity contribution in [2.24, 2.45) is 0 Å². The van der Waals surface area contributed by atoms with Crippen LogP contribution in [0.4, 0.5) is 0 Å². The van der Waals surface area contributed by atoms with Gasteiger partial charge in [0.15, 0.2) is 0 Å². The van der Waals surface area contributed by atoms with Gasteiger partial charge < -0.3 is 9.84 Å². The smallest absolute Gasteiger partial charge is 0.328 e. The monoisotopic (exact) mass is 362 g/mol. The van der Waals surface area contributed by atoms with E-state index in [1.165, 1.54) is 24.1 Å². The molecule has 4 nitrogen and oxygen atoms in total. The Bertz CT molecular complexity index is 573. The van der Waals surface area contributed by atoms with Crippen molar-refractivity contribution in [3.63, 3.8) is 0 Å². The van der Waals surface area contributed by atoms with Crippen molar-refractivity contribution in [1.29, 1.82) is 0 Å². The van der Waals surface area contributed by atoms with E-state index in [1.807, 2.05) is 6.92 Å².